The highest BCUT2D eigenvalue weighted by Gasteiger charge is 2.08. The molecule has 0 unspecified atom stereocenters. The van der Waals surface area contributed by atoms with Gasteiger partial charge in [-0.25, -0.2) is 4.98 Å². The summed E-state index contributed by atoms with van der Waals surface area (Å²) in [6.45, 7) is 1.86. The van der Waals surface area contributed by atoms with Crippen molar-refractivity contribution in [3.05, 3.63) is 51.9 Å². The van der Waals surface area contributed by atoms with Crippen LogP contribution in [0, 0.1) is 6.92 Å². The van der Waals surface area contributed by atoms with E-state index < -0.39 is 0 Å². The molecule has 1 aromatic carbocycles. The van der Waals surface area contributed by atoms with Gasteiger partial charge in [-0.15, -0.1) is 0 Å². The van der Waals surface area contributed by atoms with Gasteiger partial charge < -0.3 is 5.32 Å². The highest BCUT2D eigenvalue weighted by Crippen LogP contribution is 2.16. The molecule has 0 bridgehead atoms. The van der Waals surface area contributed by atoms with Crippen LogP contribution in [0.25, 0.3) is 0 Å². The van der Waals surface area contributed by atoms with Gasteiger partial charge in [0.2, 0.25) is 0 Å². The lowest BCUT2D eigenvalue weighted by Crippen LogP contribution is -2.13. The second-order valence-electron chi connectivity index (χ2n) is 3.70. The molecular formula is C12H9Cl2N3O. The third-order valence-electron chi connectivity index (χ3n) is 2.15. The Morgan fingerprint density at radius 3 is 2.67 bits per heavy atom. The predicted octanol–water partition coefficient (Wildman–Crippen LogP) is 3.34. The maximum absolute atomic E-state index is 11.9. The number of amides is 1. The minimum Gasteiger partial charge on any atom is -0.305 e. The van der Waals surface area contributed by atoms with Crippen LogP contribution in [0.5, 0.6) is 0 Å². The zero-order valence-electron chi connectivity index (χ0n) is 9.45. The summed E-state index contributed by atoms with van der Waals surface area (Å²) in [4.78, 5) is 19.7. The second-order valence-corrected chi connectivity index (χ2v) is 4.52. The van der Waals surface area contributed by atoms with Crippen molar-refractivity contribution in [3.8, 4) is 0 Å². The zero-order chi connectivity index (χ0) is 13.1. The zero-order valence-corrected chi connectivity index (χ0v) is 11.0. The number of aromatic nitrogens is 2. The molecule has 0 aliphatic rings. The summed E-state index contributed by atoms with van der Waals surface area (Å²) in [5.41, 5.74) is 1.37. The molecule has 2 aromatic rings. The van der Waals surface area contributed by atoms with E-state index in [2.05, 4.69) is 15.3 Å². The number of hydrogen-bond donors (Lipinski definition) is 1. The molecule has 4 nitrogen and oxygen atoms in total. The normalized spacial score (nSPS) is 10.2. The van der Waals surface area contributed by atoms with E-state index in [0.717, 1.165) is 5.56 Å². The molecule has 0 aliphatic carbocycles. The van der Waals surface area contributed by atoms with Crippen molar-refractivity contribution < 1.29 is 4.79 Å². The number of rotatable bonds is 2. The molecule has 0 spiro atoms. The maximum atomic E-state index is 11.9. The first-order valence-electron chi connectivity index (χ1n) is 5.11. The van der Waals surface area contributed by atoms with Crippen LogP contribution in [0.4, 0.5) is 5.82 Å². The Morgan fingerprint density at radius 1 is 1.22 bits per heavy atom. The standard InChI is InChI=1S/C12H9Cl2N3O/c1-7-2-8(4-9(13)3-7)12(18)17-11-6-15-5-10(14)16-11/h2-6H,1H3,(H,16,17,18). The Kier molecular flexibility index (Phi) is 3.79. The summed E-state index contributed by atoms with van der Waals surface area (Å²) in [6.07, 6.45) is 2.81. The molecular weight excluding hydrogens is 273 g/mol. The summed E-state index contributed by atoms with van der Waals surface area (Å²) in [6, 6.07) is 5.10. The number of carbonyl (C=O) groups is 1. The third kappa shape index (κ3) is 3.18. The summed E-state index contributed by atoms with van der Waals surface area (Å²) in [5.74, 6) is -0.0118. The minimum atomic E-state index is -0.308. The van der Waals surface area contributed by atoms with Gasteiger partial charge >= 0.3 is 0 Å². The van der Waals surface area contributed by atoms with E-state index in [4.69, 9.17) is 23.2 Å². The molecule has 6 heteroatoms. The molecule has 0 fully saturated rings. The molecule has 1 heterocycles. The molecule has 18 heavy (non-hydrogen) atoms. The van der Waals surface area contributed by atoms with Gasteiger partial charge in [-0.05, 0) is 30.7 Å². The van der Waals surface area contributed by atoms with Gasteiger partial charge in [-0.3, -0.25) is 9.78 Å². The minimum absolute atomic E-state index is 0.218. The Bertz CT molecular complexity index is 581. The van der Waals surface area contributed by atoms with Gasteiger partial charge in [-0.1, -0.05) is 23.2 Å². The van der Waals surface area contributed by atoms with Crippen molar-refractivity contribution in [2.24, 2.45) is 0 Å². The van der Waals surface area contributed by atoms with Crippen LogP contribution in [0.15, 0.2) is 30.6 Å². The average Bonchev–Trinajstić information content (AvgIpc) is 2.27. The fourth-order valence-corrected chi connectivity index (χ4v) is 1.90. The Morgan fingerprint density at radius 2 is 2.00 bits per heavy atom. The van der Waals surface area contributed by atoms with Crippen molar-refractivity contribution >= 4 is 34.9 Å². The smallest absolute Gasteiger partial charge is 0.256 e. The van der Waals surface area contributed by atoms with E-state index in [9.17, 15) is 4.79 Å². The van der Waals surface area contributed by atoms with Crippen LogP contribution in [-0.2, 0) is 0 Å². The van der Waals surface area contributed by atoms with Crippen LogP contribution >= 0.6 is 23.2 Å². The molecule has 1 amide bonds. The summed E-state index contributed by atoms with van der Waals surface area (Å²) < 4.78 is 0. The summed E-state index contributed by atoms with van der Waals surface area (Å²) >= 11 is 11.6. The Hall–Kier alpha value is -1.65. The van der Waals surface area contributed by atoms with Crippen LogP contribution in [0.1, 0.15) is 15.9 Å². The molecule has 92 valence electrons. The average molecular weight is 282 g/mol. The van der Waals surface area contributed by atoms with Crippen LogP contribution in [0.2, 0.25) is 10.2 Å². The molecule has 2 rings (SSSR count). The number of benzene rings is 1. The number of carbonyl (C=O) groups excluding carboxylic acids is 1. The molecule has 0 atom stereocenters. The lowest BCUT2D eigenvalue weighted by atomic mass is 10.1. The summed E-state index contributed by atoms with van der Waals surface area (Å²) in [5, 5.41) is 3.33. The lowest BCUT2D eigenvalue weighted by molar-refractivity contribution is 0.102. The first kappa shape index (κ1) is 12.8. The highest BCUT2D eigenvalue weighted by atomic mass is 35.5. The van der Waals surface area contributed by atoms with Crippen LogP contribution in [-0.4, -0.2) is 15.9 Å². The van der Waals surface area contributed by atoms with Crippen LogP contribution < -0.4 is 5.32 Å². The number of nitrogens with zero attached hydrogens (tertiary/aromatic N) is 2. The first-order valence-corrected chi connectivity index (χ1v) is 5.86. The quantitative estimate of drug-likeness (QED) is 0.919. The maximum Gasteiger partial charge on any atom is 0.256 e. The van der Waals surface area contributed by atoms with E-state index in [1.54, 1.807) is 18.2 Å². The molecule has 1 N–H and O–H groups in total. The predicted molar refractivity (Wildman–Crippen MR) is 71.2 cm³/mol. The van der Waals surface area contributed by atoms with Gasteiger partial charge in [0.25, 0.3) is 5.91 Å². The van der Waals surface area contributed by atoms with Gasteiger partial charge in [0.1, 0.15) is 5.15 Å². The molecule has 0 radical (unpaired) electrons. The summed E-state index contributed by atoms with van der Waals surface area (Å²) in [7, 11) is 0. The molecule has 0 saturated carbocycles. The second kappa shape index (κ2) is 5.33. The molecule has 1 aromatic heterocycles. The van der Waals surface area contributed by atoms with E-state index >= 15 is 0 Å². The molecule has 0 saturated heterocycles. The number of aryl methyl sites for hydroxylation is 1. The number of hydrogen-bond acceptors (Lipinski definition) is 3. The number of anilines is 1. The van der Waals surface area contributed by atoms with Gasteiger partial charge in [0.05, 0.1) is 12.4 Å². The van der Waals surface area contributed by atoms with Crippen molar-refractivity contribution in [2.75, 3.05) is 5.32 Å². The van der Waals surface area contributed by atoms with Gasteiger partial charge in [0, 0.05) is 10.6 Å². The van der Waals surface area contributed by atoms with Crippen molar-refractivity contribution in [1.82, 2.24) is 9.97 Å². The highest BCUT2D eigenvalue weighted by molar-refractivity contribution is 6.31. The lowest BCUT2D eigenvalue weighted by Gasteiger charge is -2.05. The van der Waals surface area contributed by atoms with Crippen LogP contribution in [0.3, 0.4) is 0 Å². The topological polar surface area (TPSA) is 54.9 Å². The monoisotopic (exact) mass is 281 g/mol. The largest absolute Gasteiger partial charge is 0.305 e. The van der Waals surface area contributed by atoms with Crippen molar-refractivity contribution in [1.29, 1.82) is 0 Å². The van der Waals surface area contributed by atoms with E-state index in [1.807, 2.05) is 6.92 Å². The first-order chi connectivity index (χ1) is 8.54. The Balaban J connectivity index is 2.22. The Labute approximate surface area is 114 Å². The van der Waals surface area contributed by atoms with E-state index in [-0.39, 0.29) is 11.1 Å². The third-order valence-corrected chi connectivity index (χ3v) is 2.55. The fraction of sp³-hybridized carbons (Fsp3) is 0.0833. The van der Waals surface area contributed by atoms with Crippen molar-refractivity contribution in [3.63, 3.8) is 0 Å². The van der Waals surface area contributed by atoms with Gasteiger partial charge in [0.15, 0.2) is 5.82 Å². The van der Waals surface area contributed by atoms with Gasteiger partial charge in [-0.2, -0.15) is 0 Å². The SMILES string of the molecule is Cc1cc(Cl)cc(C(=O)Nc2cncc(Cl)n2)c1. The molecule has 0 aliphatic heterocycles. The van der Waals surface area contributed by atoms with E-state index in [1.165, 1.54) is 12.4 Å². The fourth-order valence-electron chi connectivity index (χ4n) is 1.46. The van der Waals surface area contributed by atoms with Crippen molar-refractivity contribution in [2.45, 2.75) is 6.92 Å². The number of halogens is 2. The van der Waals surface area contributed by atoms with E-state index in [0.29, 0.717) is 16.4 Å². The number of nitrogens with one attached hydrogen (secondary N) is 1.